The number of sulfone groups is 1. The Morgan fingerprint density at radius 1 is 1.04 bits per heavy atom. The summed E-state index contributed by atoms with van der Waals surface area (Å²) in [6.45, 7) is 5.31. The van der Waals surface area contributed by atoms with Gasteiger partial charge in [0.1, 0.15) is 6.29 Å². The summed E-state index contributed by atoms with van der Waals surface area (Å²) in [6.07, 6.45) is 1.23. The lowest BCUT2D eigenvalue weighted by molar-refractivity contribution is -0.113. The van der Waals surface area contributed by atoms with E-state index in [-0.39, 0.29) is 5.75 Å². The number of rotatable bonds is 7. The first-order valence-electron chi connectivity index (χ1n) is 8.59. The van der Waals surface area contributed by atoms with Crippen LogP contribution in [0.2, 0.25) is 0 Å². The molecule has 2 aromatic rings. The van der Waals surface area contributed by atoms with E-state index in [0.717, 1.165) is 22.4 Å². The van der Waals surface area contributed by atoms with Gasteiger partial charge in [-0.3, -0.25) is 0 Å². The van der Waals surface area contributed by atoms with Crippen LogP contribution in [0.5, 0.6) is 0 Å². The number of nitrogens with zero attached hydrogens (tertiary/aromatic N) is 1. The standard InChI is InChI=1S/C21H27NO3S/c1-16-6-8-17(9-7-16)12-18-13-19(22(4)5)10-11-20(18)26(24,25)15-21(2,3)14-23/h6-11,13-14H,12,15H2,1-5H3. The third-order valence-electron chi connectivity index (χ3n) is 4.29. The molecule has 2 rings (SSSR count). The van der Waals surface area contributed by atoms with Crippen LogP contribution in [-0.4, -0.2) is 34.6 Å². The Morgan fingerprint density at radius 2 is 1.65 bits per heavy atom. The summed E-state index contributed by atoms with van der Waals surface area (Å²) in [7, 11) is 0.269. The van der Waals surface area contributed by atoms with Crippen LogP contribution < -0.4 is 4.90 Å². The summed E-state index contributed by atoms with van der Waals surface area (Å²) in [5, 5.41) is 0. The first-order chi connectivity index (χ1) is 12.0. The number of carbonyl (C=O) groups excluding carboxylic acids is 1. The number of hydrogen-bond acceptors (Lipinski definition) is 4. The van der Waals surface area contributed by atoms with E-state index < -0.39 is 15.3 Å². The molecule has 0 aliphatic rings. The van der Waals surface area contributed by atoms with E-state index in [1.54, 1.807) is 26.0 Å². The Balaban J connectivity index is 2.51. The van der Waals surface area contributed by atoms with Gasteiger partial charge in [-0.1, -0.05) is 43.7 Å². The van der Waals surface area contributed by atoms with Gasteiger partial charge in [0, 0.05) is 25.2 Å². The molecule has 0 amide bonds. The van der Waals surface area contributed by atoms with Crippen LogP contribution in [0.25, 0.3) is 0 Å². The van der Waals surface area contributed by atoms with E-state index in [4.69, 9.17) is 0 Å². The van der Waals surface area contributed by atoms with E-state index in [0.29, 0.717) is 17.6 Å². The van der Waals surface area contributed by atoms with Crippen molar-refractivity contribution in [2.45, 2.75) is 32.1 Å². The van der Waals surface area contributed by atoms with Crippen LogP contribution in [0.1, 0.15) is 30.5 Å². The molecule has 2 aromatic carbocycles. The molecule has 4 nitrogen and oxygen atoms in total. The van der Waals surface area contributed by atoms with Crippen LogP contribution in [0, 0.1) is 12.3 Å². The fourth-order valence-corrected chi connectivity index (χ4v) is 4.82. The van der Waals surface area contributed by atoms with Crippen LogP contribution >= 0.6 is 0 Å². The summed E-state index contributed by atoms with van der Waals surface area (Å²) in [5.41, 5.74) is 3.00. The Hall–Kier alpha value is -2.14. The SMILES string of the molecule is Cc1ccc(Cc2cc(N(C)C)ccc2S(=O)(=O)CC(C)(C)C=O)cc1. The van der Waals surface area contributed by atoms with Crippen molar-refractivity contribution in [3.63, 3.8) is 0 Å². The Kier molecular flexibility index (Phi) is 5.91. The minimum atomic E-state index is -3.58. The van der Waals surface area contributed by atoms with Crippen LogP contribution in [-0.2, 0) is 21.1 Å². The molecule has 0 aromatic heterocycles. The van der Waals surface area contributed by atoms with Gasteiger partial charge in [0.25, 0.3) is 0 Å². The van der Waals surface area contributed by atoms with Crippen molar-refractivity contribution in [2.75, 3.05) is 24.7 Å². The quantitative estimate of drug-likeness (QED) is 0.695. The highest BCUT2D eigenvalue weighted by atomic mass is 32.2. The van der Waals surface area contributed by atoms with Gasteiger partial charge in [-0.2, -0.15) is 0 Å². The molecule has 0 unspecified atom stereocenters. The highest BCUT2D eigenvalue weighted by molar-refractivity contribution is 7.91. The highest BCUT2D eigenvalue weighted by Crippen LogP contribution is 2.28. The maximum absolute atomic E-state index is 13.0. The van der Waals surface area contributed by atoms with Crippen LogP contribution in [0.3, 0.4) is 0 Å². The molecule has 0 radical (unpaired) electrons. The van der Waals surface area contributed by atoms with Crippen molar-refractivity contribution in [2.24, 2.45) is 5.41 Å². The first-order valence-corrected chi connectivity index (χ1v) is 10.2. The Labute approximate surface area is 156 Å². The minimum Gasteiger partial charge on any atom is -0.378 e. The Morgan fingerprint density at radius 3 is 2.19 bits per heavy atom. The van der Waals surface area contributed by atoms with E-state index in [2.05, 4.69) is 0 Å². The van der Waals surface area contributed by atoms with Gasteiger partial charge in [0.05, 0.1) is 10.6 Å². The highest BCUT2D eigenvalue weighted by Gasteiger charge is 2.29. The maximum Gasteiger partial charge on any atom is 0.179 e. The van der Waals surface area contributed by atoms with Gasteiger partial charge in [-0.05, 0) is 42.7 Å². The molecular weight excluding hydrogens is 346 g/mol. The monoisotopic (exact) mass is 373 g/mol. The first kappa shape index (κ1) is 20.2. The normalized spacial score (nSPS) is 12.0. The molecule has 0 atom stereocenters. The molecule has 0 saturated heterocycles. The molecule has 140 valence electrons. The molecule has 26 heavy (non-hydrogen) atoms. The molecule has 0 fully saturated rings. The van der Waals surface area contributed by atoms with Gasteiger partial charge < -0.3 is 9.69 Å². The lowest BCUT2D eigenvalue weighted by atomic mass is 10.00. The second-order valence-corrected chi connectivity index (χ2v) is 9.67. The summed E-state index contributed by atoms with van der Waals surface area (Å²) in [5.74, 6) is -0.203. The molecule has 0 N–H and O–H groups in total. The Bertz CT molecular complexity index is 882. The average molecular weight is 374 g/mol. The van der Waals surface area contributed by atoms with Gasteiger partial charge in [0.2, 0.25) is 0 Å². The second-order valence-electron chi connectivity index (χ2n) is 7.71. The van der Waals surface area contributed by atoms with Crippen LogP contribution in [0.4, 0.5) is 5.69 Å². The molecule has 0 bridgehead atoms. The fraction of sp³-hybridized carbons (Fsp3) is 0.381. The topological polar surface area (TPSA) is 54.5 Å². The van der Waals surface area contributed by atoms with E-state index in [1.807, 2.05) is 56.3 Å². The second kappa shape index (κ2) is 7.62. The smallest absolute Gasteiger partial charge is 0.179 e. The largest absolute Gasteiger partial charge is 0.378 e. The number of carbonyl (C=O) groups is 1. The van der Waals surface area contributed by atoms with E-state index in [9.17, 15) is 13.2 Å². The van der Waals surface area contributed by atoms with Crippen molar-refractivity contribution in [3.8, 4) is 0 Å². The number of aryl methyl sites for hydroxylation is 1. The summed E-state index contributed by atoms with van der Waals surface area (Å²) in [4.78, 5) is 13.5. The zero-order chi connectivity index (χ0) is 19.5. The predicted octanol–water partition coefficient (Wildman–Crippen LogP) is 3.65. The van der Waals surface area contributed by atoms with Crippen molar-refractivity contribution >= 4 is 21.8 Å². The minimum absolute atomic E-state index is 0.203. The zero-order valence-corrected chi connectivity index (χ0v) is 16.9. The van der Waals surface area contributed by atoms with Crippen molar-refractivity contribution in [1.82, 2.24) is 0 Å². The van der Waals surface area contributed by atoms with Gasteiger partial charge in [-0.15, -0.1) is 0 Å². The average Bonchev–Trinajstić information content (AvgIpc) is 2.56. The molecule has 0 saturated carbocycles. The van der Waals surface area contributed by atoms with Crippen molar-refractivity contribution in [1.29, 1.82) is 0 Å². The predicted molar refractivity (Wildman–Crippen MR) is 107 cm³/mol. The number of benzene rings is 2. The molecule has 0 spiro atoms. The zero-order valence-electron chi connectivity index (χ0n) is 16.1. The van der Waals surface area contributed by atoms with E-state index >= 15 is 0 Å². The van der Waals surface area contributed by atoms with Crippen molar-refractivity contribution in [3.05, 3.63) is 59.2 Å². The number of hydrogen-bond donors (Lipinski definition) is 0. The maximum atomic E-state index is 13.0. The summed E-state index contributed by atoms with van der Waals surface area (Å²) in [6, 6.07) is 13.5. The molecule has 5 heteroatoms. The van der Waals surface area contributed by atoms with Gasteiger partial charge in [0.15, 0.2) is 9.84 Å². The number of aldehydes is 1. The lowest BCUT2D eigenvalue weighted by Crippen LogP contribution is -2.26. The molecule has 0 heterocycles. The molecule has 0 aliphatic carbocycles. The lowest BCUT2D eigenvalue weighted by Gasteiger charge is -2.20. The van der Waals surface area contributed by atoms with Crippen molar-refractivity contribution < 1.29 is 13.2 Å². The van der Waals surface area contributed by atoms with Gasteiger partial charge in [-0.25, -0.2) is 8.42 Å². The van der Waals surface area contributed by atoms with Gasteiger partial charge >= 0.3 is 0 Å². The fourth-order valence-electron chi connectivity index (χ4n) is 2.81. The summed E-state index contributed by atoms with van der Waals surface area (Å²) >= 11 is 0. The molecular formula is C21H27NO3S. The third-order valence-corrected chi connectivity index (χ3v) is 6.48. The third kappa shape index (κ3) is 4.94. The number of anilines is 1. The molecule has 0 aliphatic heterocycles. The summed E-state index contributed by atoms with van der Waals surface area (Å²) < 4.78 is 26.0. The van der Waals surface area contributed by atoms with E-state index in [1.165, 1.54) is 0 Å². The van der Waals surface area contributed by atoms with Crippen LogP contribution in [0.15, 0.2) is 47.4 Å².